The lowest BCUT2D eigenvalue weighted by molar-refractivity contribution is 0.268. The molecule has 1 atom stereocenters. The molecule has 0 N–H and O–H groups in total. The molecule has 1 unspecified atom stereocenters. The summed E-state index contributed by atoms with van der Waals surface area (Å²) in [5.41, 5.74) is 3.10. The van der Waals surface area contributed by atoms with Crippen molar-refractivity contribution in [2.24, 2.45) is 0 Å². The van der Waals surface area contributed by atoms with Crippen LogP contribution in [0, 0.1) is 20.8 Å². The van der Waals surface area contributed by atoms with Crippen molar-refractivity contribution in [3.63, 3.8) is 0 Å². The number of hydrogen-bond donors (Lipinski definition) is 0. The molecule has 1 saturated heterocycles. The summed E-state index contributed by atoms with van der Waals surface area (Å²) < 4.78 is 27.3. The number of sulfonamides is 1. The van der Waals surface area contributed by atoms with Crippen molar-refractivity contribution in [2.45, 2.75) is 57.9 Å². The van der Waals surface area contributed by atoms with Crippen LogP contribution in [0.1, 0.15) is 42.9 Å². The molecule has 4 heteroatoms. The highest BCUT2D eigenvalue weighted by Gasteiger charge is 2.32. The van der Waals surface area contributed by atoms with E-state index < -0.39 is 10.0 Å². The van der Waals surface area contributed by atoms with Gasteiger partial charge in [0.25, 0.3) is 0 Å². The highest BCUT2D eigenvalue weighted by molar-refractivity contribution is 7.89. The predicted octanol–water partition coefficient (Wildman–Crippen LogP) is 3.17. The van der Waals surface area contributed by atoms with Crippen molar-refractivity contribution in [3.8, 4) is 0 Å². The first-order valence-electron chi connectivity index (χ1n) is 6.94. The van der Waals surface area contributed by atoms with E-state index in [1.54, 1.807) is 10.4 Å². The minimum atomic E-state index is -3.35. The summed E-state index contributed by atoms with van der Waals surface area (Å²) in [7, 11) is -3.35. The van der Waals surface area contributed by atoms with Gasteiger partial charge in [-0.25, -0.2) is 8.42 Å². The Morgan fingerprint density at radius 3 is 2.42 bits per heavy atom. The Morgan fingerprint density at radius 1 is 1.11 bits per heavy atom. The Kier molecular flexibility index (Phi) is 4.02. The summed E-state index contributed by atoms with van der Waals surface area (Å²) in [6.45, 7) is 8.57. The molecule has 1 aromatic carbocycles. The maximum absolute atomic E-state index is 12.8. The Balaban J connectivity index is 2.48. The summed E-state index contributed by atoms with van der Waals surface area (Å²) in [5, 5.41) is 0. The molecular weight excluding hydrogens is 258 g/mol. The molecule has 1 aromatic rings. The molecule has 1 aliphatic heterocycles. The molecule has 106 valence electrons. The third kappa shape index (κ3) is 2.56. The monoisotopic (exact) mass is 281 g/mol. The molecule has 1 fully saturated rings. The van der Waals surface area contributed by atoms with E-state index in [1.165, 1.54) is 0 Å². The SMILES string of the molecule is Cc1ccc(S(=O)(=O)N2CCCCC2C)c(C)c1C. The first-order valence-corrected chi connectivity index (χ1v) is 8.38. The maximum Gasteiger partial charge on any atom is 0.243 e. The first-order chi connectivity index (χ1) is 8.85. The number of hydrogen-bond acceptors (Lipinski definition) is 2. The number of benzene rings is 1. The Hall–Kier alpha value is -0.870. The third-order valence-corrected chi connectivity index (χ3v) is 6.49. The molecular formula is C15H23NO2S. The second kappa shape index (κ2) is 5.25. The fraction of sp³-hybridized carbons (Fsp3) is 0.600. The van der Waals surface area contributed by atoms with Gasteiger partial charge >= 0.3 is 0 Å². The van der Waals surface area contributed by atoms with Gasteiger partial charge in [0, 0.05) is 12.6 Å². The maximum atomic E-state index is 12.8. The quantitative estimate of drug-likeness (QED) is 0.835. The van der Waals surface area contributed by atoms with Crippen molar-refractivity contribution in [3.05, 3.63) is 28.8 Å². The zero-order valence-corrected chi connectivity index (χ0v) is 13.0. The van der Waals surface area contributed by atoms with Gasteiger partial charge in [0.15, 0.2) is 0 Å². The molecule has 19 heavy (non-hydrogen) atoms. The molecule has 0 saturated carbocycles. The van der Waals surface area contributed by atoms with Crippen LogP contribution in [0.25, 0.3) is 0 Å². The number of nitrogens with zero attached hydrogens (tertiary/aromatic N) is 1. The van der Waals surface area contributed by atoms with Crippen LogP contribution in [-0.2, 0) is 10.0 Å². The lowest BCUT2D eigenvalue weighted by Gasteiger charge is -2.33. The molecule has 3 nitrogen and oxygen atoms in total. The van der Waals surface area contributed by atoms with Crippen LogP contribution in [0.4, 0.5) is 0 Å². The largest absolute Gasteiger partial charge is 0.243 e. The van der Waals surface area contributed by atoms with Gasteiger partial charge in [-0.05, 0) is 63.3 Å². The number of piperidine rings is 1. The van der Waals surface area contributed by atoms with Gasteiger partial charge in [-0.2, -0.15) is 4.31 Å². The number of rotatable bonds is 2. The van der Waals surface area contributed by atoms with E-state index in [-0.39, 0.29) is 6.04 Å². The minimum absolute atomic E-state index is 0.111. The lowest BCUT2D eigenvalue weighted by atomic mass is 10.1. The average Bonchev–Trinajstić information content (AvgIpc) is 2.36. The van der Waals surface area contributed by atoms with Crippen molar-refractivity contribution in [2.75, 3.05) is 6.54 Å². The van der Waals surface area contributed by atoms with Gasteiger partial charge in [0.2, 0.25) is 10.0 Å². The van der Waals surface area contributed by atoms with Gasteiger partial charge < -0.3 is 0 Å². The standard InChI is InChI=1S/C15H23NO2S/c1-11-8-9-15(14(4)13(11)3)19(17,18)16-10-6-5-7-12(16)2/h8-9,12H,5-7,10H2,1-4H3. The molecule has 2 rings (SSSR count). The molecule has 0 bridgehead atoms. The molecule has 1 heterocycles. The topological polar surface area (TPSA) is 37.4 Å². The summed E-state index contributed by atoms with van der Waals surface area (Å²) in [5.74, 6) is 0. The zero-order valence-electron chi connectivity index (χ0n) is 12.2. The van der Waals surface area contributed by atoms with Crippen LogP contribution in [0.2, 0.25) is 0 Å². The number of aryl methyl sites for hydroxylation is 1. The third-order valence-electron chi connectivity index (χ3n) is 4.34. The average molecular weight is 281 g/mol. The fourth-order valence-corrected chi connectivity index (χ4v) is 4.75. The summed E-state index contributed by atoms with van der Waals surface area (Å²) in [4.78, 5) is 0.476. The Morgan fingerprint density at radius 2 is 1.79 bits per heavy atom. The van der Waals surface area contributed by atoms with Crippen LogP contribution in [0.15, 0.2) is 17.0 Å². The smallest absolute Gasteiger partial charge is 0.207 e. The molecule has 0 amide bonds. The molecule has 1 aliphatic rings. The van der Waals surface area contributed by atoms with Crippen molar-refractivity contribution in [1.29, 1.82) is 0 Å². The molecule has 0 aliphatic carbocycles. The molecule has 0 aromatic heterocycles. The molecule has 0 spiro atoms. The normalized spacial score (nSPS) is 21.6. The van der Waals surface area contributed by atoms with E-state index in [2.05, 4.69) is 0 Å². The summed E-state index contributed by atoms with van der Waals surface area (Å²) in [6, 6.07) is 3.78. The van der Waals surface area contributed by atoms with Gasteiger partial charge in [0.05, 0.1) is 4.90 Å². The van der Waals surface area contributed by atoms with E-state index in [1.807, 2.05) is 33.8 Å². The van der Waals surface area contributed by atoms with E-state index >= 15 is 0 Å². The predicted molar refractivity (Wildman–Crippen MR) is 77.9 cm³/mol. The first kappa shape index (κ1) is 14.5. The lowest BCUT2D eigenvalue weighted by Crippen LogP contribution is -2.42. The second-order valence-corrected chi connectivity index (χ2v) is 7.45. The highest BCUT2D eigenvalue weighted by atomic mass is 32.2. The van der Waals surface area contributed by atoms with Crippen molar-refractivity contribution >= 4 is 10.0 Å². The van der Waals surface area contributed by atoms with Crippen molar-refractivity contribution < 1.29 is 8.42 Å². The molecule has 0 radical (unpaired) electrons. The van der Waals surface area contributed by atoms with E-state index in [9.17, 15) is 8.42 Å². The van der Waals surface area contributed by atoms with E-state index in [4.69, 9.17) is 0 Å². The van der Waals surface area contributed by atoms with E-state index in [0.717, 1.165) is 36.0 Å². The second-order valence-electron chi connectivity index (χ2n) is 5.59. The van der Waals surface area contributed by atoms with Crippen molar-refractivity contribution in [1.82, 2.24) is 4.31 Å². The van der Waals surface area contributed by atoms with Gasteiger partial charge in [-0.1, -0.05) is 12.5 Å². The summed E-state index contributed by atoms with van der Waals surface area (Å²) in [6.07, 6.45) is 3.05. The van der Waals surface area contributed by atoms with Crippen LogP contribution in [0.3, 0.4) is 0 Å². The minimum Gasteiger partial charge on any atom is -0.207 e. The van der Waals surface area contributed by atoms with Crippen LogP contribution in [0.5, 0.6) is 0 Å². The van der Waals surface area contributed by atoms with Crippen LogP contribution < -0.4 is 0 Å². The van der Waals surface area contributed by atoms with Crippen LogP contribution >= 0.6 is 0 Å². The Bertz CT molecular complexity index is 578. The zero-order chi connectivity index (χ0) is 14.2. The van der Waals surface area contributed by atoms with Gasteiger partial charge in [-0.15, -0.1) is 0 Å². The van der Waals surface area contributed by atoms with Gasteiger partial charge in [-0.3, -0.25) is 0 Å². The van der Waals surface area contributed by atoms with Gasteiger partial charge in [0.1, 0.15) is 0 Å². The fourth-order valence-electron chi connectivity index (χ4n) is 2.77. The highest BCUT2D eigenvalue weighted by Crippen LogP contribution is 2.28. The summed E-state index contributed by atoms with van der Waals surface area (Å²) >= 11 is 0. The van der Waals surface area contributed by atoms with Crippen LogP contribution in [-0.4, -0.2) is 25.3 Å². The van der Waals surface area contributed by atoms with E-state index in [0.29, 0.717) is 11.4 Å². The Labute approximate surface area is 116 Å².